The number of benzene rings is 2. The molecule has 0 unspecified atom stereocenters. The molecule has 8 nitrogen and oxygen atoms in total. The van der Waals surface area contributed by atoms with Crippen LogP contribution >= 0.6 is 12.2 Å². The minimum atomic E-state index is -0.421. The minimum absolute atomic E-state index is 0.157. The lowest BCUT2D eigenvalue weighted by molar-refractivity contribution is 0.0950. The van der Waals surface area contributed by atoms with Crippen LogP contribution in [0.4, 0.5) is 5.69 Å². The molecule has 0 saturated carbocycles. The third kappa shape index (κ3) is 4.25. The second-order valence-electron chi connectivity index (χ2n) is 6.01. The molecule has 0 bridgehead atoms. The molecular formula is C20H17N5O3S. The van der Waals surface area contributed by atoms with Crippen LogP contribution in [-0.2, 0) is 0 Å². The predicted octanol–water partition coefficient (Wildman–Crippen LogP) is 3.54. The third-order valence-electron chi connectivity index (χ3n) is 3.99. The van der Waals surface area contributed by atoms with Crippen LogP contribution < -0.4 is 15.4 Å². The molecule has 0 aliphatic heterocycles. The Bertz CT molecular complexity index is 1150. The standard InChI is InChI=1S/C20H17N5O3S/c1-2-27-15-8-6-14(7-9-15)25-23-16-10-5-13(12-17(16)24-25)21-20(29)22-19(26)18-4-3-11-28-18/h3-12H,2H2,1H3,(H2,21,22,26,29). The van der Waals surface area contributed by atoms with E-state index in [-0.39, 0.29) is 10.9 Å². The van der Waals surface area contributed by atoms with Gasteiger partial charge in [0, 0.05) is 5.69 Å². The van der Waals surface area contributed by atoms with E-state index in [1.807, 2.05) is 43.3 Å². The van der Waals surface area contributed by atoms with Crippen LogP contribution in [0.3, 0.4) is 0 Å². The van der Waals surface area contributed by atoms with E-state index in [0.717, 1.165) is 17.0 Å². The normalized spacial score (nSPS) is 10.7. The van der Waals surface area contributed by atoms with Gasteiger partial charge in [-0.25, -0.2) is 0 Å². The van der Waals surface area contributed by atoms with Gasteiger partial charge < -0.3 is 14.5 Å². The summed E-state index contributed by atoms with van der Waals surface area (Å²) in [4.78, 5) is 13.5. The molecule has 29 heavy (non-hydrogen) atoms. The van der Waals surface area contributed by atoms with Gasteiger partial charge in [0.05, 0.1) is 18.6 Å². The molecule has 0 saturated heterocycles. The first kappa shape index (κ1) is 18.6. The van der Waals surface area contributed by atoms with Crippen molar-refractivity contribution < 1.29 is 13.9 Å². The Morgan fingerprint density at radius 2 is 1.93 bits per heavy atom. The van der Waals surface area contributed by atoms with Crippen molar-refractivity contribution in [1.82, 2.24) is 20.3 Å². The van der Waals surface area contributed by atoms with Gasteiger partial charge in [0.25, 0.3) is 5.91 Å². The van der Waals surface area contributed by atoms with Crippen LogP contribution in [0.25, 0.3) is 16.7 Å². The van der Waals surface area contributed by atoms with Crippen LogP contribution in [0.5, 0.6) is 5.75 Å². The minimum Gasteiger partial charge on any atom is -0.494 e. The molecule has 2 heterocycles. The van der Waals surface area contributed by atoms with Crippen molar-refractivity contribution in [2.45, 2.75) is 6.92 Å². The number of carbonyl (C=O) groups is 1. The number of fused-ring (bicyclic) bond motifs is 1. The Balaban J connectivity index is 1.48. The van der Waals surface area contributed by atoms with E-state index in [2.05, 4.69) is 20.8 Å². The maximum atomic E-state index is 12.0. The highest BCUT2D eigenvalue weighted by Crippen LogP contribution is 2.19. The zero-order valence-corrected chi connectivity index (χ0v) is 16.3. The molecule has 0 radical (unpaired) electrons. The molecule has 9 heteroatoms. The van der Waals surface area contributed by atoms with Crippen LogP contribution in [0.2, 0.25) is 0 Å². The van der Waals surface area contributed by atoms with Crippen molar-refractivity contribution in [3.05, 3.63) is 66.6 Å². The van der Waals surface area contributed by atoms with Crippen molar-refractivity contribution in [2.24, 2.45) is 0 Å². The van der Waals surface area contributed by atoms with E-state index in [9.17, 15) is 4.79 Å². The highest BCUT2D eigenvalue weighted by molar-refractivity contribution is 7.80. The smallest absolute Gasteiger partial charge is 0.293 e. The molecule has 0 fully saturated rings. The van der Waals surface area contributed by atoms with Gasteiger partial charge >= 0.3 is 0 Å². The molecular weight excluding hydrogens is 390 g/mol. The number of carbonyl (C=O) groups excluding carboxylic acids is 1. The SMILES string of the molecule is CCOc1ccc(-n2nc3ccc(NC(=S)NC(=O)c4ccco4)cc3n2)cc1. The van der Waals surface area contributed by atoms with Gasteiger partial charge in [0.2, 0.25) is 0 Å². The Morgan fingerprint density at radius 1 is 1.14 bits per heavy atom. The first-order chi connectivity index (χ1) is 14.1. The third-order valence-corrected chi connectivity index (χ3v) is 4.19. The number of thiocarbonyl (C=S) groups is 1. The van der Waals surface area contributed by atoms with Gasteiger partial charge in [-0.15, -0.1) is 10.2 Å². The quantitative estimate of drug-likeness (QED) is 0.489. The summed E-state index contributed by atoms with van der Waals surface area (Å²) in [5.74, 6) is 0.558. The number of nitrogens with zero attached hydrogens (tertiary/aromatic N) is 3. The highest BCUT2D eigenvalue weighted by Gasteiger charge is 2.11. The second-order valence-corrected chi connectivity index (χ2v) is 6.41. The molecule has 146 valence electrons. The first-order valence-corrected chi connectivity index (χ1v) is 9.29. The van der Waals surface area contributed by atoms with Crippen LogP contribution in [0.15, 0.2) is 65.3 Å². The fraction of sp³-hybridized carbons (Fsp3) is 0.100. The topological polar surface area (TPSA) is 94.2 Å². The fourth-order valence-corrected chi connectivity index (χ4v) is 2.90. The Labute approximate surface area is 171 Å². The summed E-state index contributed by atoms with van der Waals surface area (Å²) in [6.45, 7) is 2.55. The molecule has 0 atom stereocenters. The number of hydrogen-bond donors (Lipinski definition) is 2. The average molecular weight is 407 g/mol. The van der Waals surface area contributed by atoms with Crippen molar-refractivity contribution >= 4 is 40.0 Å². The lowest BCUT2D eigenvalue weighted by Gasteiger charge is -2.08. The number of furan rings is 1. The van der Waals surface area contributed by atoms with E-state index in [4.69, 9.17) is 21.4 Å². The molecule has 4 aromatic rings. The number of anilines is 1. The molecule has 2 N–H and O–H groups in total. The largest absolute Gasteiger partial charge is 0.494 e. The predicted molar refractivity (Wildman–Crippen MR) is 112 cm³/mol. The van der Waals surface area contributed by atoms with Crippen molar-refractivity contribution in [3.63, 3.8) is 0 Å². The van der Waals surface area contributed by atoms with Crippen LogP contribution in [0.1, 0.15) is 17.5 Å². The monoisotopic (exact) mass is 407 g/mol. The first-order valence-electron chi connectivity index (χ1n) is 8.88. The summed E-state index contributed by atoms with van der Waals surface area (Å²) in [5.41, 5.74) is 2.92. The fourth-order valence-electron chi connectivity index (χ4n) is 2.68. The molecule has 0 aliphatic carbocycles. The van der Waals surface area contributed by atoms with Crippen molar-refractivity contribution in [3.8, 4) is 11.4 Å². The van der Waals surface area contributed by atoms with Gasteiger partial charge in [-0.05, 0) is 73.7 Å². The van der Waals surface area contributed by atoms with E-state index in [0.29, 0.717) is 17.8 Å². The summed E-state index contributed by atoms with van der Waals surface area (Å²) in [5, 5.41) is 14.7. The maximum Gasteiger partial charge on any atom is 0.293 e. The van der Waals surface area contributed by atoms with Gasteiger partial charge in [-0.1, -0.05) is 0 Å². The lowest BCUT2D eigenvalue weighted by Crippen LogP contribution is -2.33. The number of nitrogens with one attached hydrogen (secondary N) is 2. The Morgan fingerprint density at radius 3 is 2.66 bits per heavy atom. The summed E-state index contributed by atoms with van der Waals surface area (Å²) in [6, 6.07) is 16.2. The van der Waals surface area contributed by atoms with E-state index in [1.54, 1.807) is 23.0 Å². The highest BCUT2D eigenvalue weighted by atomic mass is 32.1. The van der Waals surface area contributed by atoms with E-state index >= 15 is 0 Å². The van der Waals surface area contributed by atoms with Crippen molar-refractivity contribution in [2.75, 3.05) is 11.9 Å². The van der Waals surface area contributed by atoms with Gasteiger partial charge in [-0.3, -0.25) is 10.1 Å². The Kier molecular flexibility index (Phi) is 5.21. The Hall–Kier alpha value is -3.72. The number of rotatable bonds is 5. The average Bonchev–Trinajstić information content (AvgIpc) is 3.38. The maximum absolute atomic E-state index is 12.0. The molecule has 0 spiro atoms. The van der Waals surface area contributed by atoms with Crippen LogP contribution in [0, 0.1) is 0 Å². The van der Waals surface area contributed by atoms with E-state index in [1.165, 1.54) is 6.26 Å². The summed E-state index contributed by atoms with van der Waals surface area (Å²) >= 11 is 5.19. The number of amides is 1. The zero-order valence-electron chi connectivity index (χ0n) is 15.5. The molecule has 1 amide bonds. The van der Waals surface area contributed by atoms with Gasteiger partial charge in [-0.2, -0.15) is 4.80 Å². The van der Waals surface area contributed by atoms with Crippen molar-refractivity contribution in [1.29, 1.82) is 0 Å². The van der Waals surface area contributed by atoms with Crippen LogP contribution in [-0.4, -0.2) is 32.6 Å². The van der Waals surface area contributed by atoms with E-state index < -0.39 is 5.91 Å². The lowest BCUT2D eigenvalue weighted by atomic mass is 10.3. The van der Waals surface area contributed by atoms with Gasteiger partial charge in [0.15, 0.2) is 10.9 Å². The molecule has 4 rings (SSSR count). The summed E-state index contributed by atoms with van der Waals surface area (Å²) in [7, 11) is 0. The number of hydrogen-bond acceptors (Lipinski definition) is 6. The summed E-state index contributed by atoms with van der Waals surface area (Å²) < 4.78 is 10.5. The molecule has 0 aliphatic rings. The molecule has 2 aromatic heterocycles. The number of ether oxygens (including phenoxy) is 1. The second kappa shape index (κ2) is 8.11. The number of aromatic nitrogens is 3. The van der Waals surface area contributed by atoms with Gasteiger partial charge in [0.1, 0.15) is 16.8 Å². The summed E-state index contributed by atoms with van der Waals surface area (Å²) in [6.07, 6.45) is 1.42. The molecule has 2 aromatic carbocycles. The zero-order chi connectivity index (χ0) is 20.2.